The molecule has 1 fully saturated rings. The summed E-state index contributed by atoms with van der Waals surface area (Å²) >= 11 is 2.45. The van der Waals surface area contributed by atoms with Crippen LogP contribution in [0.5, 0.6) is 0 Å². The highest BCUT2D eigenvalue weighted by Crippen LogP contribution is 2.51. The molecule has 1 N–H and O–H groups in total. The predicted octanol–water partition coefficient (Wildman–Crippen LogP) is 3.86. The van der Waals surface area contributed by atoms with Gasteiger partial charge in [0.25, 0.3) is 0 Å². The number of anilines is 1. The number of nitrogens with zero attached hydrogens (tertiary/aromatic N) is 1. The van der Waals surface area contributed by atoms with Crippen LogP contribution in [0, 0.1) is 3.57 Å². The summed E-state index contributed by atoms with van der Waals surface area (Å²) in [6.45, 7) is 1.16. The lowest BCUT2D eigenvalue weighted by molar-refractivity contribution is 0.283. The molecule has 108 valence electrons. The SMILES string of the molecule is CN1CC[C@@]2(Cc3ccccc3)c3cccc(I)c3N[C@@H]12. The lowest BCUT2D eigenvalue weighted by Gasteiger charge is -2.31. The van der Waals surface area contributed by atoms with E-state index in [1.807, 2.05) is 0 Å². The number of rotatable bonds is 2. The van der Waals surface area contributed by atoms with Crippen LogP contribution in [0.3, 0.4) is 0 Å². The summed E-state index contributed by atoms with van der Waals surface area (Å²) in [5.74, 6) is 0. The molecule has 2 heterocycles. The molecule has 2 aliphatic heterocycles. The third kappa shape index (κ3) is 2.01. The van der Waals surface area contributed by atoms with Gasteiger partial charge in [-0.15, -0.1) is 0 Å². The lowest BCUT2D eigenvalue weighted by Crippen LogP contribution is -2.42. The van der Waals surface area contributed by atoms with E-state index in [2.05, 4.69) is 88.4 Å². The molecule has 0 saturated carbocycles. The van der Waals surface area contributed by atoms with Crippen molar-refractivity contribution in [2.75, 3.05) is 18.9 Å². The van der Waals surface area contributed by atoms with Gasteiger partial charge < -0.3 is 5.32 Å². The highest BCUT2D eigenvalue weighted by atomic mass is 127. The normalized spacial score (nSPS) is 27.2. The van der Waals surface area contributed by atoms with Crippen LogP contribution in [0.2, 0.25) is 0 Å². The first-order valence-corrected chi connectivity index (χ1v) is 8.58. The Labute approximate surface area is 139 Å². The standard InChI is InChI=1S/C18H19IN2/c1-21-11-10-18(12-13-6-3-2-4-7-13)14-8-5-9-15(19)16(14)20-17(18)21/h2-9,17,20H,10-12H2,1H3/t17-,18+/m0/s1. The van der Waals surface area contributed by atoms with Crippen molar-refractivity contribution < 1.29 is 0 Å². The van der Waals surface area contributed by atoms with Crippen LogP contribution in [-0.2, 0) is 11.8 Å². The fourth-order valence-corrected chi connectivity index (χ4v) is 4.71. The van der Waals surface area contributed by atoms with Crippen molar-refractivity contribution in [3.05, 3.63) is 63.2 Å². The van der Waals surface area contributed by atoms with Gasteiger partial charge in [-0.05, 0) is 59.7 Å². The van der Waals surface area contributed by atoms with Gasteiger partial charge in [0, 0.05) is 15.5 Å². The zero-order valence-electron chi connectivity index (χ0n) is 12.1. The summed E-state index contributed by atoms with van der Waals surface area (Å²) in [4.78, 5) is 2.47. The van der Waals surface area contributed by atoms with Gasteiger partial charge in [0.1, 0.15) is 0 Å². The first-order chi connectivity index (χ1) is 10.2. The van der Waals surface area contributed by atoms with Gasteiger partial charge >= 0.3 is 0 Å². The number of benzene rings is 2. The number of halogens is 1. The van der Waals surface area contributed by atoms with Crippen molar-refractivity contribution in [2.45, 2.75) is 24.4 Å². The van der Waals surface area contributed by atoms with Gasteiger partial charge in [0.2, 0.25) is 0 Å². The number of para-hydroxylation sites is 1. The summed E-state index contributed by atoms with van der Waals surface area (Å²) in [7, 11) is 2.24. The largest absolute Gasteiger partial charge is 0.368 e. The van der Waals surface area contributed by atoms with E-state index in [1.54, 1.807) is 0 Å². The Morgan fingerprint density at radius 1 is 1.19 bits per heavy atom. The molecule has 0 aromatic heterocycles. The maximum atomic E-state index is 3.79. The molecule has 0 spiro atoms. The number of likely N-dealkylation sites (tertiary alicyclic amines) is 1. The van der Waals surface area contributed by atoms with Gasteiger partial charge in [0.05, 0.1) is 11.9 Å². The molecule has 3 heteroatoms. The minimum absolute atomic E-state index is 0.215. The second-order valence-electron chi connectivity index (χ2n) is 6.26. The third-order valence-corrected chi connectivity index (χ3v) is 5.97. The Hall–Kier alpha value is -1.07. The Morgan fingerprint density at radius 3 is 2.81 bits per heavy atom. The van der Waals surface area contributed by atoms with Crippen LogP contribution in [0.4, 0.5) is 5.69 Å². The van der Waals surface area contributed by atoms with Crippen LogP contribution in [0.1, 0.15) is 17.5 Å². The molecule has 2 aromatic rings. The Balaban J connectivity index is 1.83. The molecule has 0 amide bonds. The third-order valence-electron chi connectivity index (χ3n) is 5.07. The van der Waals surface area contributed by atoms with Crippen molar-refractivity contribution in [3.63, 3.8) is 0 Å². The van der Waals surface area contributed by atoms with Crippen molar-refractivity contribution in [2.24, 2.45) is 0 Å². The van der Waals surface area contributed by atoms with Gasteiger partial charge in [0.15, 0.2) is 0 Å². The van der Waals surface area contributed by atoms with Crippen LogP contribution in [0.15, 0.2) is 48.5 Å². The number of fused-ring (bicyclic) bond motifs is 3. The number of hydrogen-bond donors (Lipinski definition) is 1. The van der Waals surface area contributed by atoms with Gasteiger partial charge in [-0.2, -0.15) is 0 Å². The molecular formula is C18H19IN2. The summed E-state index contributed by atoms with van der Waals surface area (Å²) in [5, 5.41) is 3.79. The number of hydrogen-bond acceptors (Lipinski definition) is 2. The molecule has 4 rings (SSSR count). The van der Waals surface area contributed by atoms with Gasteiger partial charge in [-0.3, -0.25) is 4.90 Å². The van der Waals surface area contributed by atoms with E-state index < -0.39 is 0 Å². The van der Waals surface area contributed by atoms with Crippen LogP contribution < -0.4 is 5.32 Å². The van der Waals surface area contributed by atoms with Crippen LogP contribution in [0.25, 0.3) is 0 Å². The second kappa shape index (κ2) is 4.99. The van der Waals surface area contributed by atoms with Crippen LogP contribution in [-0.4, -0.2) is 24.7 Å². The summed E-state index contributed by atoms with van der Waals surface area (Å²) in [6, 6.07) is 17.6. The molecule has 0 aliphatic carbocycles. The molecule has 21 heavy (non-hydrogen) atoms. The fraction of sp³-hybridized carbons (Fsp3) is 0.333. The summed E-state index contributed by atoms with van der Waals surface area (Å²) < 4.78 is 1.33. The zero-order valence-corrected chi connectivity index (χ0v) is 14.3. The lowest BCUT2D eigenvalue weighted by atomic mass is 9.74. The second-order valence-corrected chi connectivity index (χ2v) is 7.42. The van der Waals surface area contributed by atoms with Crippen molar-refractivity contribution in [1.29, 1.82) is 0 Å². The maximum absolute atomic E-state index is 3.79. The Morgan fingerprint density at radius 2 is 2.00 bits per heavy atom. The van der Waals surface area contributed by atoms with E-state index in [-0.39, 0.29) is 5.41 Å². The molecule has 0 radical (unpaired) electrons. The molecule has 2 aliphatic rings. The van der Waals surface area contributed by atoms with E-state index in [1.165, 1.54) is 26.8 Å². The zero-order chi connectivity index (χ0) is 14.4. The Kier molecular flexibility index (Phi) is 3.23. The smallest absolute Gasteiger partial charge is 0.0894 e. The van der Waals surface area contributed by atoms with E-state index in [0.29, 0.717) is 6.17 Å². The average Bonchev–Trinajstić information content (AvgIpc) is 2.97. The highest BCUT2D eigenvalue weighted by Gasteiger charge is 2.52. The van der Waals surface area contributed by atoms with E-state index >= 15 is 0 Å². The number of likely N-dealkylation sites (N-methyl/N-ethyl adjacent to an activating group) is 1. The van der Waals surface area contributed by atoms with Crippen molar-refractivity contribution in [3.8, 4) is 0 Å². The molecule has 2 nitrogen and oxygen atoms in total. The maximum Gasteiger partial charge on any atom is 0.0894 e. The first kappa shape index (κ1) is 13.6. The molecule has 0 unspecified atom stereocenters. The predicted molar refractivity (Wildman–Crippen MR) is 95.6 cm³/mol. The monoisotopic (exact) mass is 390 g/mol. The minimum atomic E-state index is 0.215. The fourth-order valence-electron chi connectivity index (χ4n) is 4.06. The molecular weight excluding hydrogens is 371 g/mol. The number of nitrogens with one attached hydrogen (secondary N) is 1. The van der Waals surface area contributed by atoms with Crippen LogP contribution >= 0.6 is 22.6 Å². The average molecular weight is 390 g/mol. The van der Waals surface area contributed by atoms with Gasteiger partial charge in [-0.1, -0.05) is 42.5 Å². The van der Waals surface area contributed by atoms with Crippen molar-refractivity contribution >= 4 is 28.3 Å². The van der Waals surface area contributed by atoms with Gasteiger partial charge in [-0.25, -0.2) is 0 Å². The van der Waals surface area contributed by atoms with Crippen molar-refractivity contribution in [1.82, 2.24) is 4.90 Å². The minimum Gasteiger partial charge on any atom is -0.368 e. The Bertz CT molecular complexity index is 670. The molecule has 2 atom stereocenters. The van der Waals surface area contributed by atoms with E-state index in [9.17, 15) is 0 Å². The first-order valence-electron chi connectivity index (χ1n) is 7.50. The molecule has 0 bridgehead atoms. The molecule has 1 saturated heterocycles. The highest BCUT2D eigenvalue weighted by molar-refractivity contribution is 14.1. The topological polar surface area (TPSA) is 15.3 Å². The van der Waals surface area contributed by atoms with E-state index in [4.69, 9.17) is 0 Å². The summed E-state index contributed by atoms with van der Waals surface area (Å²) in [5.41, 5.74) is 4.51. The summed E-state index contributed by atoms with van der Waals surface area (Å²) in [6.07, 6.45) is 2.76. The van der Waals surface area contributed by atoms with E-state index in [0.717, 1.165) is 13.0 Å². The molecule has 2 aromatic carbocycles. The quantitative estimate of drug-likeness (QED) is 0.784.